The molecule has 2 nitrogen and oxygen atoms in total. The highest BCUT2D eigenvalue weighted by Gasteiger charge is 2.25. The number of hydrogen-bond donors (Lipinski definition) is 0. The van der Waals surface area contributed by atoms with Crippen LogP contribution in [0.25, 0.3) is 121 Å². The molecule has 58 heavy (non-hydrogen) atoms. The summed E-state index contributed by atoms with van der Waals surface area (Å²) < 4.78 is 13.3. The molecule has 270 valence electrons. The van der Waals surface area contributed by atoms with Gasteiger partial charge in [-0.05, 0) is 95.9 Å². The number of benzene rings is 10. The van der Waals surface area contributed by atoms with Gasteiger partial charge in [0.1, 0.15) is 22.3 Å². The summed E-state index contributed by atoms with van der Waals surface area (Å²) in [4.78, 5) is 0. The van der Waals surface area contributed by atoms with E-state index in [1.54, 1.807) is 0 Å². The Morgan fingerprint density at radius 3 is 1.43 bits per heavy atom. The molecule has 0 N–H and O–H groups in total. The standard InChI is InChI=1S/C56H34O2/c1-2-16-35(17-3-1)37-18-4-5-21-42(37)53-43-22-6-8-24-45(43)55(46-25-9-7-23-44(46)53)54-38(36-32-33-41-39-19-10-12-30-50(39)57-52(41)34-36)26-14-27-47(54)49-29-15-28-48-40-20-11-13-31-51(40)58-56(48)49/h1-34H. The smallest absolute Gasteiger partial charge is 0.143 e. The zero-order valence-electron chi connectivity index (χ0n) is 31.4. The molecule has 0 unspecified atom stereocenters. The highest BCUT2D eigenvalue weighted by molar-refractivity contribution is 6.25. The van der Waals surface area contributed by atoms with E-state index < -0.39 is 0 Å². The zero-order chi connectivity index (χ0) is 38.2. The van der Waals surface area contributed by atoms with Crippen molar-refractivity contribution < 1.29 is 8.83 Å². The largest absolute Gasteiger partial charge is 0.456 e. The maximum absolute atomic E-state index is 6.76. The summed E-state index contributed by atoms with van der Waals surface area (Å²) in [6.45, 7) is 0. The molecule has 0 atom stereocenters. The Morgan fingerprint density at radius 2 is 0.707 bits per heavy atom. The summed E-state index contributed by atoms with van der Waals surface area (Å²) in [5.74, 6) is 0. The summed E-state index contributed by atoms with van der Waals surface area (Å²) in [5.41, 5.74) is 15.1. The van der Waals surface area contributed by atoms with Gasteiger partial charge in [0.2, 0.25) is 0 Å². The van der Waals surface area contributed by atoms with E-state index in [0.717, 1.165) is 71.7 Å². The molecule has 0 aliphatic heterocycles. The second-order valence-corrected chi connectivity index (χ2v) is 15.1. The second-order valence-electron chi connectivity index (χ2n) is 15.1. The van der Waals surface area contributed by atoms with Crippen molar-refractivity contribution in [3.8, 4) is 55.6 Å². The first-order chi connectivity index (χ1) is 28.8. The summed E-state index contributed by atoms with van der Waals surface area (Å²) in [7, 11) is 0. The van der Waals surface area contributed by atoms with Crippen LogP contribution in [0.15, 0.2) is 215 Å². The van der Waals surface area contributed by atoms with Gasteiger partial charge in [0.05, 0.1) is 0 Å². The molecule has 2 aromatic heterocycles. The summed E-state index contributed by atoms with van der Waals surface area (Å²) in [6, 6.07) is 74.0. The lowest BCUT2D eigenvalue weighted by molar-refractivity contribution is 0.669. The fourth-order valence-corrected chi connectivity index (χ4v) is 9.40. The molecule has 0 radical (unpaired) electrons. The van der Waals surface area contributed by atoms with Crippen LogP contribution < -0.4 is 0 Å². The van der Waals surface area contributed by atoms with Crippen molar-refractivity contribution in [2.75, 3.05) is 0 Å². The molecule has 12 aromatic rings. The Hall–Kier alpha value is -7.68. The van der Waals surface area contributed by atoms with Crippen molar-refractivity contribution in [3.63, 3.8) is 0 Å². The third-order valence-corrected chi connectivity index (χ3v) is 11.9. The lowest BCUT2D eigenvalue weighted by Crippen LogP contribution is -1.96. The molecule has 12 rings (SSSR count). The van der Waals surface area contributed by atoms with Gasteiger partial charge in [0.25, 0.3) is 0 Å². The summed E-state index contributed by atoms with van der Waals surface area (Å²) in [5, 5.41) is 9.24. The van der Waals surface area contributed by atoms with Gasteiger partial charge in [0, 0.05) is 27.1 Å². The molecule has 0 bridgehead atoms. The maximum atomic E-state index is 6.76. The topological polar surface area (TPSA) is 26.3 Å². The van der Waals surface area contributed by atoms with Crippen molar-refractivity contribution >= 4 is 65.4 Å². The van der Waals surface area contributed by atoms with Gasteiger partial charge in [0.15, 0.2) is 0 Å². The molecule has 0 spiro atoms. The van der Waals surface area contributed by atoms with Crippen LogP contribution in [-0.4, -0.2) is 0 Å². The quantitative estimate of drug-likeness (QED) is 0.164. The molecule has 0 saturated heterocycles. The van der Waals surface area contributed by atoms with Crippen molar-refractivity contribution in [2.45, 2.75) is 0 Å². The fraction of sp³-hybridized carbons (Fsp3) is 0. The molecular weight excluding hydrogens is 705 g/mol. The van der Waals surface area contributed by atoms with E-state index in [1.165, 1.54) is 49.4 Å². The van der Waals surface area contributed by atoms with Crippen LogP contribution in [0.2, 0.25) is 0 Å². The van der Waals surface area contributed by atoms with E-state index in [0.29, 0.717) is 0 Å². The zero-order valence-corrected chi connectivity index (χ0v) is 31.4. The van der Waals surface area contributed by atoms with Crippen LogP contribution in [0.1, 0.15) is 0 Å². The lowest BCUT2D eigenvalue weighted by atomic mass is 9.80. The Balaban J connectivity index is 1.22. The first-order valence-corrected chi connectivity index (χ1v) is 19.8. The van der Waals surface area contributed by atoms with Crippen LogP contribution >= 0.6 is 0 Å². The molecule has 0 aliphatic carbocycles. The van der Waals surface area contributed by atoms with Gasteiger partial charge < -0.3 is 8.83 Å². The molecule has 2 heteroatoms. The van der Waals surface area contributed by atoms with Gasteiger partial charge in [-0.25, -0.2) is 0 Å². The normalized spacial score (nSPS) is 11.8. The first kappa shape index (κ1) is 32.6. The van der Waals surface area contributed by atoms with Gasteiger partial charge in [-0.2, -0.15) is 0 Å². The highest BCUT2D eigenvalue weighted by Crippen LogP contribution is 2.51. The van der Waals surface area contributed by atoms with E-state index in [1.807, 2.05) is 18.2 Å². The fourth-order valence-electron chi connectivity index (χ4n) is 9.40. The minimum atomic E-state index is 0.872. The average molecular weight is 739 g/mol. The molecule has 0 fully saturated rings. The highest BCUT2D eigenvalue weighted by atomic mass is 16.3. The average Bonchev–Trinajstić information content (AvgIpc) is 3.87. The Bertz CT molecular complexity index is 3510. The molecule has 2 heterocycles. The number of hydrogen-bond acceptors (Lipinski definition) is 2. The Morgan fingerprint density at radius 1 is 0.224 bits per heavy atom. The van der Waals surface area contributed by atoms with Gasteiger partial charge >= 0.3 is 0 Å². The van der Waals surface area contributed by atoms with E-state index in [2.05, 4.69) is 188 Å². The molecule has 0 amide bonds. The molecule has 0 aliphatic rings. The number of fused-ring (bicyclic) bond motifs is 8. The van der Waals surface area contributed by atoms with E-state index in [9.17, 15) is 0 Å². The van der Waals surface area contributed by atoms with Crippen LogP contribution in [0.5, 0.6) is 0 Å². The minimum Gasteiger partial charge on any atom is -0.456 e. The monoisotopic (exact) mass is 738 g/mol. The van der Waals surface area contributed by atoms with Crippen LogP contribution in [0.4, 0.5) is 0 Å². The lowest BCUT2D eigenvalue weighted by Gasteiger charge is -2.23. The number of rotatable bonds is 5. The molecule has 10 aromatic carbocycles. The minimum absolute atomic E-state index is 0.872. The van der Waals surface area contributed by atoms with E-state index in [-0.39, 0.29) is 0 Å². The van der Waals surface area contributed by atoms with Crippen molar-refractivity contribution in [2.24, 2.45) is 0 Å². The molecule has 0 saturated carbocycles. The number of furan rings is 2. The van der Waals surface area contributed by atoms with Crippen molar-refractivity contribution in [1.82, 2.24) is 0 Å². The SMILES string of the molecule is c1ccc(-c2ccccc2-c2c3ccccc3c(-c3c(-c4ccc5c(c4)oc4ccccc45)cccc3-c3cccc4c3oc3ccccc34)c3ccccc23)cc1. The van der Waals surface area contributed by atoms with Gasteiger partial charge in [-0.3, -0.25) is 0 Å². The van der Waals surface area contributed by atoms with Gasteiger partial charge in [-0.15, -0.1) is 0 Å². The van der Waals surface area contributed by atoms with Crippen molar-refractivity contribution in [3.05, 3.63) is 206 Å². The predicted molar refractivity (Wildman–Crippen MR) is 243 cm³/mol. The Kier molecular flexibility index (Phi) is 7.26. The van der Waals surface area contributed by atoms with Crippen LogP contribution in [0.3, 0.4) is 0 Å². The summed E-state index contributed by atoms with van der Waals surface area (Å²) in [6.07, 6.45) is 0. The summed E-state index contributed by atoms with van der Waals surface area (Å²) >= 11 is 0. The predicted octanol–water partition coefficient (Wildman–Crippen LogP) is 16.1. The third kappa shape index (κ3) is 4.92. The van der Waals surface area contributed by atoms with E-state index in [4.69, 9.17) is 8.83 Å². The second kappa shape index (κ2) is 12.9. The van der Waals surface area contributed by atoms with Crippen LogP contribution in [-0.2, 0) is 0 Å². The number of para-hydroxylation sites is 3. The van der Waals surface area contributed by atoms with Crippen LogP contribution in [0, 0.1) is 0 Å². The van der Waals surface area contributed by atoms with Gasteiger partial charge in [-0.1, -0.05) is 182 Å². The first-order valence-electron chi connectivity index (χ1n) is 19.8. The maximum Gasteiger partial charge on any atom is 0.143 e. The Labute approximate surface area is 334 Å². The van der Waals surface area contributed by atoms with Crippen molar-refractivity contribution in [1.29, 1.82) is 0 Å². The molecular formula is C56H34O2. The third-order valence-electron chi connectivity index (χ3n) is 11.9. The van der Waals surface area contributed by atoms with E-state index >= 15 is 0 Å².